The molecule has 0 atom stereocenters. The molecule has 1 nitrogen and oxygen atoms in total. The molecular weight excluding hydrogens is 463 g/mol. The van der Waals surface area contributed by atoms with E-state index in [9.17, 15) is 0 Å². The molecule has 0 spiro atoms. The first-order valence-corrected chi connectivity index (χ1v) is 15.2. The molecular formula is C28H28BrOP. The molecule has 0 radical (unpaired) electrons. The number of rotatable bonds is 8. The number of ether oxygens (including phenoxy) is 1. The van der Waals surface area contributed by atoms with Gasteiger partial charge in [0.1, 0.15) is 0 Å². The van der Waals surface area contributed by atoms with E-state index in [1.165, 1.54) is 21.5 Å². The summed E-state index contributed by atoms with van der Waals surface area (Å²) in [6, 6.07) is 41.2. The Hall–Kier alpha value is -2.41. The van der Waals surface area contributed by atoms with Crippen molar-refractivity contribution in [2.75, 3.05) is 6.61 Å². The molecule has 4 aromatic carbocycles. The quantitative estimate of drug-likeness (QED) is 0.246. The fourth-order valence-electron chi connectivity index (χ4n) is 4.24. The van der Waals surface area contributed by atoms with Gasteiger partial charge in [-0.1, -0.05) is 0 Å². The first-order valence-electron chi connectivity index (χ1n) is 10.8. The van der Waals surface area contributed by atoms with Gasteiger partial charge in [-0.15, -0.1) is 0 Å². The molecule has 0 aliphatic rings. The first kappa shape index (κ1) is 21.8. The van der Waals surface area contributed by atoms with Crippen molar-refractivity contribution < 1.29 is 4.74 Å². The maximum absolute atomic E-state index is 6.18. The summed E-state index contributed by atoms with van der Waals surface area (Å²) in [6.45, 7) is 2.86. The molecule has 0 saturated carbocycles. The summed E-state index contributed by atoms with van der Waals surface area (Å²) in [7, 11) is 0. The number of hydrogen-bond donors (Lipinski definition) is 0. The zero-order valence-corrected chi connectivity index (χ0v) is 20.3. The molecule has 0 amide bonds. The zero-order valence-electron chi connectivity index (χ0n) is 17.8. The normalized spacial score (nSPS) is 12.6. The maximum atomic E-state index is 6.18. The van der Waals surface area contributed by atoms with Gasteiger partial charge in [-0.3, -0.25) is 0 Å². The molecule has 3 heteroatoms. The predicted octanol–water partition coefficient (Wildman–Crippen LogP) is 6.82. The Labute approximate surface area is 193 Å². The molecule has 0 aliphatic carbocycles. The van der Waals surface area contributed by atoms with Crippen LogP contribution in [0, 0.1) is 0 Å². The summed E-state index contributed by atoms with van der Waals surface area (Å²) in [4.78, 5) is 0. The van der Waals surface area contributed by atoms with Crippen LogP contribution in [0.1, 0.15) is 18.9 Å². The van der Waals surface area contributed by atoms with Crippen LogP contribution in [0.5, 0.6) is 5.75 Å². The predicted molar refractivity (Wildman–Crippen MR) is 140 cm³/mol. The molecule has 0 aromatic heterocycles. The Morgan fingerprint density at radius 1 is 0.613 bits per heavy atom. The minimum atomic E-state index is -3.02. The van der Waals surface area contributed by atoms with E-state index in [-0.39, 0.29) is 0 Å². The third-order valence-corrected chi connectivity index (χ3v) is 15.3. The van der Waals surface area contributed by atoms with Gasteiger partial charge in [0.15, 0.2) is 0 Å². The Kier molecular flexibility index (Phi) is 6.60. The van der Waals surface area contributed by atoms with Gasteiger partial charge in [0.2, 0.25) is 0 Å². The number of halogens is 1. The first-order chi connectivity index (χ1) is 15.2. The third kappa shape index (κ3) is 4.07. The number of hydrogen-bond acceptors (Lipinski definition) is 1. The van der Waals surface area contributed by atoms with E-state index >= 15 is 0 Å². The van der Waals surface area contributed by atoms with Crippen LogP contribution in [0.3, 0.4) is 0 Å². The fraction of sp³-hybridized carbons (Fsp3) is 0.143. The number of para-hydroxylation sites is 1. The Morgan fingerprint density at radius 2 is 1.03 bits per heavy atom. The van der Waals surface area contributed by atoms with Crippen molar-refractivity contribution in [2.24, 2.45) is 0 Å². The number of benzene rings is 4. The van der Waals surface area contributed by atoms with E-state index in [2.05, 4.69) is 138 Å². The molecule has 0 N–H and O–H groups in total. The van der Waals surface area contributed by atoms with Crippen LogP contribution in [0.2, 0.25) is 0 Å². The van der Waals surface area contributed by atoms with Gasteiger partial charge in [-0.05, 0) is 0 Å². The average Bonchev–Trinajstić information content (AvgIpc) is 2.85. The van der Waals surface area contributed by atoms with Gasteiger partial charge in [-0.2, -0.15) is 0 Å². The van der Waals surface area contributed by atoms with E-state index < -0.39 is 5.31 Å². The van der Waals surface area contributed by atoms with Crippen LogP contribution in [0.4, 0.5) is 0 Å². The molecule has 0 fully saturated rings. The molecule has 0 bridgehead atoms. The fourth-order valence-corrected chi connectivity index (χ4v) is 11.9. The van der Waals surface area contributed by atoms with E-state index in [0.717, 1.165) is 24.9 Å². The Balaban J connectivity index is 2.03. The molecule has 0 aliphatic heterocycles. The summed E-state index contributed by atoms with van der Waals surface area (Å²) >= 11 is 4.53. The Bertz CT molecular complexity index is 1010. The summed E-state index contributed by atoms with van der Waals surface area (Å²) < 4.78 is 6.18. The van der Waals surface area contributed by atoms with Crippen LogP contribution in [-0.4, -0.2) is 6.61 Å². The van der Waals surface area contributed by atoms with E-state index in [1.807, 2.05) is 0 Å². The molecule has 4 aromatic rings. The van der Waals surface area contributed by atoms with E-state index in [4.69, 9.17) is 4.74 Å². The van der Waals surface area contributed by atoms with Gasteiger partial charge in [0.05, 0.1) is 0 Å². The van der Waals surface area contributed by atoms with Crippen molar-refractivity contribution in [1.29, 1.82) is 0 Å². The van der Waals surface area contributed by atoms with Crippen molar-refractivity contribution in [3.63, 3.8) is 0 Å². The van der Waals surface area contributed by atoms with Gasteiger partial charge >= 0.3 is 194 Å². The third-order valence-electron chi connectivity index (χ3n) is 5.79. The second-order valence-corrected chi connectivity index (χ2v) is 16.7. The van der Waals surface area contributed by atoms with Crippen LogP contribution < -0.4 is 20.7 Å². The molecule has 31 heavy (non-hydrogen) atoms. The van der Waals surface area contributed by atoms with Crippen molar-refractivity contribution >= 4 is 36.7 Å². The summed E-state index contributed by atoms with van der Waals surface area (Å²) in [5, 5.41) is 0.926. The average molecular weight is 491 g/mol. The molecule has 4 rings (SSSR count). The van der Waals surface area contributed by atoms with Crippen molar-refractivity contribution in [1.82, 2.24) is 0 Å². The van der Waals surface area contributed by atoms with E-state index in [0.29, 0.717) is 0 Å². The molecule has 158 valence electrons. The van der Waals surface area contributed by atoms with Crippen molar-refractivity contribution in [3.8, 4) is 5.75 Å². The minimum absolute atomic E-state index is 0.720. The monoisotopic (exact) mass is 490 g/mol. The van der Waals surface area contributed by atoms with Gasteiger partial charge in [0, 0.05) is 0 Å². The molecule has 0 heterocycles. The summed E-state index contributed by atoms with van der Waals surface area (Å²) in [6.07, 6.45) is 1.83. The molecule has 0 unspecified atom stereocenters. The second kappa shape index (κ2) is 9.39. The van der Waals surface area contributed by atoms with Gasteiger partial charge < -0.3 is 0 Å². The van der Waals surface area contributed by atoms with Crippen molar-refractivity contribution in [2.45, 2.75) is 19.5 Å². The SMILES string of the molecule is CCCOc1ccccc1CP(Br)(c1ccccc1)(c1ccccc1)c1ccccc1. The summed E-state index contributed by atoms with van der Waals surface area (Å²) in [5.41, 5.74) is 1.22. The standard InChI is InChI=1S/C28H28BrOP/c1-2-22-30-28-21-13-12-14-24(28)23-31(29,25-15-6-3-7-16-25,26-17-8-4-9-18-26)27-19-10-5-11-20-27/h3-21H,2,22-23H2,1H3. The van der Waals surface area contributed by atoms with Gasteiger partial charge in [0.25, 0.3) is 0 Å². The Morgan fingerprint density at radius 3 is 1.48 bits per heavy atom. The summed E-state index contributed by atoms with van der Waals surface area (Å²) in [5.74, 6) is 0.973. The van der Waals surface area contributed by atoms with E-state index in [1.54, 1.807) is 0 Å². The van der Waals surface area contributed by atoms with Crippen LogP contribution >= 0.6 is 20.8 Å². The van der Waals surface area contributed by atoms with Crippen LogP contribution in [0.15, 0.2) is 115 Å². The van der Waals surface area contributed by atoms with Crippen molar-refractivity contribution in [3.05, 3.63) is 121 Å². The van der Waals surface area contributed by atoms with Gasteiger partial charge in [-0.25, -0.2) is 0 Å². The molecule has 0 saturated heterocycles. The van der Waals surface area contributed by atoms with Crippen LogP contribution in [0.25, 0.3) is 0 Å². The second-order valence-electron chi connectivity index (χ2n) is 7.80. The van der Waals surface area contributed by atoms with Crippen LogP contribution in [-0.2, 0) is 6.16 Å². The topological polar surface area (TPSA) is 9.23 Å². The zero-order chi connectivity index (χ0) is 21.6.